The van der Waals surface area contributed by atoms with Gasteiger partial charge in [-0.05, 0) is 47.0 Å². The molecule has 0 spiro atoms. The van der Waals surface area contributed by atoms with Crippen molar-refractivity contribution in [1.29, 1.82) is 0 Å². The van der Waals surface area contributed by atoms with E-state index in [0.29, 0.717) is 24.2 Å². The van der Waals surface area contributed by atoms with E-state index in [2.05, 4.69) is 20.6 Å². The Morgan fingerprint density at radius 1 is 0.897 bits per heavy atom. The number of carbonyl (C=O) groups is 2. The number of amides is 1. The summed E-state index contributed by atoms with van der Waals surface area (Å²) in [6, 6.07) is 13.6. The summed E-state index contributed by atoms with van der Waals surface area (Å²) >= 11 is 0. The smallest absolute Gasteiger partial charge is 0.338 e. The summed E-state index contributed by atoms with van der Waals surface area (Å²) in [4.78, 5) is 33.2. The van der Waals surface area contributed by atoms with Gasteiger partial charge in [0.25, 0.3) is 0 Å². The normalized spacial score (nSPS) is 11.5. The first kappa shape index (κ1) is 20.2. The maximum atomic E-state index is 13.0. The average Bonchev–Trinajstić information content (AvgIpc) is 2.79. The molecule has 3 rings (SSSR count). The molecule has 1 aromatic carbocycles. The highest BCUT2D eigenvalue weighted by Gasteiger charge is 2.25. The molecule has 1 atom stereocenters. The Bertz CT molecular complexity index is 949. The molecule has 0 radical (unpaired) electrons. The largest absolute Gasteiger partial charge is 0.465 e. The molecule has 2 aromatic heterocycles. The van der Waals surface area contributed by atoms with Crippen LogP contribution < -0.4 is 10.6 Å². The van der Waals surface area contributed by atoms with Gasteiger partial charge in [-0.1, -0.05) is 18.2 Å². The molecule has 0 aliphatic carbocycles. The number of aromatic nitrogens is 2. The van der Waals surface area contributed by atoms with Crippen molar-refractivity contribution in [2.24, 2.45) is 0 Å². The summed E-state index contributed by atoms with van der Waals surface area (Å²) in [5, 5.41) is 6.17. The van der Waals surface area contributed by atoms with E-state index < -0.39 is 12.0 Å². The summed E-state index contributed by atoms with van der Waals surface area (Å²) in [5.74, 6) is -0.731. The van der Waals surface area contributed by atoms with E-state index in [-0.39, 0.29) is 5.91 Å². The number of pyridine rings is 2. The first-order chi connectivity index (χ1) is 14.2. The standard InChI is InChI=1S/C22H22N4O3/c1-29-22(28)19-5-3-2-4-18(19)20(25-14-16-6-10-23-11-7-16)21(27)26-15-17-8-12-24-13-9-17/h2-13,20,25H,14-15H2,1H3,(H,26,27). The fraction of sp³-hybridized carbons (Fsp3) is 0.182. The van der Waals surface area contributed by atoms with Crippen LogP contribution in [0.5, 0.6) is 0 Å². The Morgan fingerprint density at radius 2 is 1.48 bits per heavy atom. The molecular weight excluding hydrogens is 368 g/mol. The second kappa shape index (κ2) is 10.1. The van der Waals surface area contributed by atoms with Crippen molar-refractivity contribution >= 4 is 11.9 Å². The van der Waals surface area contributed by atoms with Crippen LogP contribution in [0, 0.1) is 0 Å². The predicted molar refractivity (Wildman–Crippen MR) is 108 cm³/mol. The topological polar surface area (TPSA) is 93.2 Å². The highest BCUT2D eigenvalue weighted by molar-refractivity contribution is 5.94. The van der Waals surface area contributed by atoms with Gasteiger partial charge in [0.1, 0.15) is 6.04 Å². The maximum absolute atomic E-state index is 13.0. The van der Waals surface area contributed by atoms with Gasteiger partial charge >= 0.3 is 5.97 Å². The zero-order valence-corrected chi connectivity index (χ0v) is 16.0. The van der Waals surface area contributed by atoms with Gasteiger partial charge in [0.05, 0.1) is 12.7 Å². The van der Waals surface area contributed by atoms with E-state index in [4.69, 9.17) is 4.74 Å². The van der Waals surface area contributed by atoms with Crippen molar-refractivity contribution in [3.05, 3.63) is 95.6 Å². The zero-order chi connectivity index (χ0) is 20.5. The van der Waals surface area contributed by atoms with Gasteiger partial charge in [-0.25, -0.2) is 4.79 Å². The molecule has 0 saturated heterocycles. The number of benzene rings is 1. The monoisotopic (exact) mass is 390 g/mol. The molecule has 1 amide bonds. The van der Waals surface area contributed by atoms with Crippen molar-refractivity contribution in [3.63, 3.8) is 0 Å². The van der Waals surface area contributed by atoms with E-state index in [1.807, 2.05) is 24.3 Å². The van der Waals surface area contributed by atoms with Crippen LogP contribution in [-0.2, 0) is 22.6 Å². The van der Waals surface area contributed by atoms with E-state index in [1.54, 1.807) is 49.1 Å². The Labute approximate surface area is 169 Å². The SMILES string of the molecule is COC(=O)c1ccccc1C(NCc1ccncc1)C(=O)NCc1ccncc1. The molecule has 7 heteroatoms. The van der Waals surface area contributed by atoms with Crippen LogP contribution in [0.1, 0.15) is 33.1 Å². The number of methoxy groups -OCH3 is 1. The van der Waals surface area contributed by atoms with Gasteiger partial charge in [0.2, 0.25) is 5.91 Å². The maximum Gasteiger partial charge on any atom is 0.338 e. The molecule has 0 bridgehead atoms. The Hall–Kier alpha value is -3.58. The lowest BCUT2D eigenvalue weighted by Crippen LogP contribution is -2.38. The third-order valence-electron chi connectivity index (χ3n) is 4.42. The fourth-order valence-electron chi connectivity index (χ4n) is 2.90. The van der Waals surface area contributed by atoms with E-state index in [1.165, 1.54) is 7.11 Å². The number of hydrogen-bond acceptors (Lipinski definition) is 6. The molecule has 148 valence electrons. The third kappa shape index (κ3) is 5.46. The number of esters is 1. The molecule has 2 N–H and O–H groups in total. The van der Waals surface area contributed by atoms with Crippen molar-refractivity contribution in [2.45, 2.75) is 19.1 Å². The highest BCUT2D eigenvalue weighted by Crippen LogP contribution is 2.20. The number of nitrogens with one attached hydrogen (secondary N) is 2. The summed E-state index contributed by atoms with van der Waals surface area (Å²) in [6.45, 7) is 0.792. The quantitative estimate of drug-likeness (QED) is 0.574. The minimum Gasteiger partial charge on any atom is -0.465 e. The molecule has 7 nitrogen and oxygen atoms in total. The summed E-state index contributed by atoms with van der Waals surface area (Å²) in [6.07, 6.45) is 6.73. The summed E-state index contributed by atoms with van der Waals surface area (Å²) in [5.41, 5.74) is 2.81. The number of ether oxygens (including phenoxy) is 1. The lowest BCUT2D eigenvalue weighted by molar-refractivity contribution is -0.123. The summed E-state index contributed by atoms with van der Waals surface area (Å²) in [7, 11) is 1.32. The van der Waals surface area contributed by atoms with Crippen LogP contribution in [0.2, 0.25) is 0 Å². The van der Waals surface area contributed by atoms with Crippen LogP contribution in [0.3, 0.4) is 0 Å². The van der Waals surface area contributed by atoms with Crippen LogP contribution >= 0.6 is 0 Å². The van der Waals surface area contributed by atoms with E-state index >= 15 is 0 Å². The second-order valence-electron chi connectivity index (χ2n) is 6.32. The molecule has 2 heterocycles. The van der Waals surface area contributed by atoms with Gasteiger partial charge in [-0.15, -0.1) is 0 Å². The van der Waals surface area contributed by atoms with Crippen molar-refractivity contribution in [3.8, 4) is 0 Å². The Kier molecular flexibility index (Phi) is 7.02. The van der Waals surface area contributed by atoms with Crippen LogP contribution in [0.25, 0.3) is 0 Å². The van der Waals surface area contributed by atoms with Crippen LogP contribution in [0.15, 0.2) is 73.3 Å². The molecule has 0 saturated carbocycles. The Balaban J connectivity index is 1.83. The fourth-order valence-corrected chi connectivity index (χ4v) is 2.90. The minimum atomic E-state index is -0.736. The van der Waals surface area contributed by atoms with Gasteiger partial charge in [-0.2, -0.15) is 0 Å². The molecule has 3 aromatic rings. The average molecular weight is 390 g/mol. The van der Waals surface area contributed by atoms with Gasteiger partial charge < -0.3 is 10.1 Å². The summed E-state index contributed by atoms with van der Waals surface area (Å²) < 4.78 is 4.89. The number of rotatable bonds is 8. The molecular formula is C22H22N4O3. The van der Waals surface area contributed by atoms with Crippen LogP contribution in [-0.4, -0.2) is 29.0 Å². The van der Waals surface area contributed by atoms with Gasteiger partial charge in [-0.3, -0.25) is 20.1 Å². The first-order valence-electron chi connectivity index (χ1n) is 9.15. The molecule has 1 unspecified atom stereocenters. The van der Waals surface area contributed by atoms with Gasteiger partial charge in [0, 0.05) is 37.9 Å². The second-order valence-corrected chi connectivity index (χ2v) is 6.32. The number of nitrogens with zero attached hydrogens (tertiary/aromatic N) is 2. The lowest BCUT2D eigenvalue weighted by atomic mass is 9.99. The molecule has 29 heavy (non-hydrogen) atoms. The van der Waals surface area contributed by atoms with Gasteiger partial charge in [0.15, 0.2) is 0 Å². The van der Waals surface area contributed by atoms with E-state index in [9.17, 15) is 9.59 Å². The van der Waals surface area contributed by atoms with E-state index in [0.717, 1.165) is 11.1 Å². The molecule has 0 fully saturated rings. The lowest BCUT2D eigenvalue weighted by Gasteiger charge is -2.21. The molecule has 0 aliphatic heterocycles. The van der Waals surface area contributed by atoms with Crippen molar-refractivity contribution in [2.75, 3.05) is 7.11 Å². The van der Waals surface area contributed by atoms with Crippen molar-refractivity contribution < 1.29 is 14.3 Å². The third-order valence-corrected chi connectivity index (χ3v) is 4.42. The van der Waals surface area contributed by atoms with Crippen molar-refractivity contribution in [1.82, 2.24) is 20.6 Å². The Morgan fingerprint density at radius 3 is 2.10 bits per heavy atom. The molecule has 0 aliphatic rings. The first-order valence-corrected chi connectivity index (χ1v) is 9.15. The van der Waals surface area contributed by atoms with Crippen LogP contribution in [0.4, 0.5) is 0 Å². The minimum absolute atomic E-state index is 0.243. The number of hydrogen-bond donors (Lipinski definition) is 2. The predicted octanol–water partition coefficient (Wildman–Crippen LogP) is 2.41. The highest BCUT2D eigenvalue weighted by atomic mass is 16.5. The zero-order valence-electron chi connectivity index (χ0n) is 16.0. The number of carbonyl (C=O) groups excluding carboxylic acids is 2.